The van der Waals surface area contributed by atoms with Gasteiger partial charge in [-0.2, -0.15) is 5.10 Å². The van der Waals surface area contributed by atoms with E-state index in [4.69, 9.17) is 4.74 Å². The Balaban J connectivity index is 1.28. The van der Waals surface area contributed by atoms with Crippen molar-refractivity contribution in [2.24, 2.45) is 5.10 Å². The Morgan fingerprint density at radius 3 is 2.19 bits per heavy atom. The molecule has 0 spiro atoms. The summed E-state index contributed by atoms with van der Waals surface area (Å²) < 4.78 is 33.3. The third kappa shape index (κ3) is 6.80. The van der Waals surface area contributed by atoms with Crippen molar-refractivity contribution < 1.29 is 17.9 Å². The lowest BCUT2D eigenvalue weighted by atomic mass is 10.2. The third-order valence-corrected chi connectivity index (χ3v) is 6.64. The van der Waals surface area contributed by atoms with E-state index in [2.05, 4.69) is 15.2 Å². The van der Waals surface area contributed by atoms with E-state index in [0.717, 1.165) is 22.4 Å². The summed E-state index contributed by atoms with van der Waals surface area (Å²) in [6.07, 6.45) is 1.53. The van der Waals surface area contributed by atoms with E-state index in [-0.39, 0.29) is 4.90 Å². The summed E-state index contributed by atoms with van der Waals surface area (Å²) in [7, 11) is -3.71. The predicted molar refractivity (Wildman–Crippen MR) is 141 cm³/mol. The number of ether oxygens (including phenoxy) is 1. The van der Waals surface area contributed by atoms with E-state index in [1.807, 2.05) is 61.5 Å². The molecule has 0 bridgehead atoms. The largest absolute Gasteiger partial charge is 0.489 e. The summed E-state index contributed by atoms with van der Waals surface area (Å²) >= 11 is 0. The van der Waals surface area contributed by atoms with Crippen molar-refractivity contribution in [3.63, 3.8) is 0 Å². The highest BCUT2D eigenvalue weighted by Crippen LogP contribution is 2.17. The predicted octanol–water partition coefficient (Wildman–Crippen LogP) is 5.14. The fourth-order valence-corrected chi connectivity index (χ4v) is 4.30. The number of aryl methyl sites for hydroxylation is 1. The van der Waals surface area contributed by atoms with Gasteiger partial charge >= 0.3 is 0 Å². The molecular weight excluding hydrogens is 474 g/mol. The van der Waals surface area contributed by atoms with Crippen LogP contribution in [0.2, 0.25) is 0 Å². The van der Waals surface area contributed by atoms with Gasteiger partial charge in [-0.25, -0.2) is 13.8 Å². The minimum atomic E-state index is -3.71. The van der Waals surface area contributed by atoms with Crippen molar-refractivity contribution in [2.75, 3.05) is 4.72 Å². The van der Waals surface area contributed by atoms with Gasteiger partial charge in [0.15, 0.2) is 0 Å². The molecule has 0 aliphatic carbocycles. The molecule has 0 aromatic heterocycles. The molecule has 36 heavy (non-hydrogen) atoms. The first-order valence-electron chi connectivity index (χ1n) is 11.2. The molecule has 0 saturated heterocycles. The Labute approximate surface area is 210 Å². The highest BCUT2D eigenvalue weighted by atomic mass is 32.2. The van der Waals surface area contributed by atoms with Crippen molar-refractivity contribution >= 4 is 27.8 Å². The Morgan fingerprint density at radius 2 is 1.53 bits per heavy atom. The van der Waals surface area contributed by atoms with Gasteiger partial charge in [-0.15, -0.1) is 0 Å². The van der Waals surface area contributed by atoms with Crippen LogP contribution in [-0.2, 0) is 16.6 Å². The number of carbonyl (C=O) groups is 1. The van der Waals surface area contributed by atoms with Crippen molar-refractivity contribution in [3.05, 3.63) is 125 Å². The highest BCUT2D eigenvalue weighted by molar-refractivity contribution is 7.92. The second-order valence-electron chi connectivity index (χ2n) is 8.04. The van der Waals surface area contributed by atoms with Gasteiger partial charge < -0.3 is 4.74 Å². The molecule has 4 aromatic rings. The number of nitrogens with one attached hydrogen (secondary N) is 2. The number of amides is 1. The number of benzene rings is 4. The van der Waals surface area contributed by atoms with E-state index in [9.17, 15) is 13.2 Å². The van der Waals surface area contributed by atoms with Gasteiger partial charge in [0, 0.05) is 11.3 Å². The number of hydrogen-bond acceptors (Lipinski definition) is 5. The minimum absolute atomic E-state index is 0.167. The maximum absolute atomic E-state index is 12.5. The average molecular weight is 500 g/mol. The molecule has 4 aromatic carbocycles. The van der Waals surface area contributed by atoms with Crippen LogP contribution in [0.5, 0.6) is 5.75 Å². The van der Waals surface area contributed by atoms with E-state index < -0.39 is 15.9 Å². The number of hydrogen-bond donors (Lipinski definition) is 2. The lowest BCUT2D eigenvalue weighted by Crippen LogP contribution is -2.18. The molecule has 1 amide bonds. The zero-order valence-corrected chi connectivity index (χ0v) is 20.4. The molecule has 0 aliphatic heterocycles. The second-order valence-corrected chi connectivity index (χ2v) is 9.72. The summed E-state index contributed by atoms with van der Waals surface area (Å²) in [5.41, 5.74) is 6.01. The van der Waals surface area contributed by atoms with Crippen molar-refractivity contribution in [1.82, 2.24) is 5.43 Å². The first kappa shape index (κ1) is 24.7. The lowest BCUT2D eigenvalue weighted by Gasteiger charge is -2.09. The standard InChI is InChI=1S/C28H25N3O4S/c1-21-7-17-27(18-8-21)36(33,34)31-25-13-11-24(12-14-25)28(32)30-29-19-22-9-15-26(16-10-22)35-20-23-5-3-2-4-6-23/h2-19,31H,20H2,1H3,(H,30,32). The van der Waals surface area contributed by atoms with Gasteiger partial charge in [0.2, 0.25) is 0 Å². The number of hydrazone groups is 1. The van der Waals surface area contributed by atoms with E-state index in [1.54, 1.807) is 24.3 Å². The zero-order chi connectivity index (χ0) is 25.4. The van der Waals surface area contributed by atoms with E-state index >= 15 is 0 Å². The normalized spacial score (nSPS) is 11.2. The summed E-state index contributed by atoms with van der Waals surface area (Å²) in [5.74, 6) is 0.320. The number of rotatable bonds is 9. The summed E-state index contributed by atoms with van der Waals surface area (Å²) in [5, 5.41) is 3.99. The molecule has 0 fully saturated rings. The molecule has 0 saturated carbocycles. The summed E-state index contributed by atoms with van der Waals surface area (Å²) in [4.78, 5) is 12.5. The summed E-state index contributed by atoms with van der Waals surface area (Å²) in [6, 6.07) is 29.9. The van der Waals surface area contributed by atoms with Gasteiger partial charge in [-0.3, -0.25) is 9.52 Å². The van der Waals surface area contributed by atoms with Gasteiger partial charge in [-0.05, 0) is 78.7 Å². The fraction of sp³-hybridized carbons (Fsp3) is 0.0714. The van der Waals surface area contributed by atoms with Gasteiger partial charge in [0.05, 0.1) is 11.1 Å². The Bertz CT molecular complexity index is 1430. The molecular formula is C28H25N3O4S. The topological polar surface area (TPSA) is 96.9 Å². The smallest absolute Gasteiger partial charge is 0.271 e. The average Bonchev–Trinajstić information content (AvgIpc) is 2.89. The molecule has 0 aliphatic rings. The van der Waals surface area contributed by atoms with Crippen LogP contribution in [0.1, 0.15) is 27.0 Å². The molecule has 4 rings (SSSR count). The maximum Gasteiger partial charge on any atom is 0.271 e. The number of anilines is 1. The molecule has 0 unspecified atom stereocenters. The van der Waals surface area contributed by atoms with Crippen LogP contribution in [0.25, 0.3) is 0 Å². The quantitative estimate of drug-likeness (QED) is 0.246. The number of carbonyl (C=O) groups excluding carboxylic acids is 1. The van der Waals surface area contributed by atoms with Crippen LogP contribution in [0, 0.1) is 6.92 Å². The molecule has 0 radical (unpaired) electrons. The van der Waals surface area contributed by atoms with Crippen molar-refractivity contribution in [1.29, 1.82) is 0 Å². The SMILES string of the molecule is Cc1ccc(S(=O)(=O)Nc2ccc(C(=O)NN=Cc3ccc(OCc4ccccc4)cc3)cc2)cc1. The molecule has 0 atom stereocenters. The monoisotopic (exact) mass is 499 g/mol. The Hall–Kier alpha value is -4.43. The van der Waals surface area contributed by atoms with Crippen LogP contribution >= 0.6 is 0 Å². The van der Waals surface area contributed by atoms with Crippen LogP contribution < -0.4 is 14.9 Å². The third-order valence-electron chi connectivity index (χ3n) is 5.24. The van der Waals surface area contributed by atoms with Crippen molar-refractivity contribution in [2.45, 2.75) is 18.4 Å². The minimum Gasteiger partial charge on any atom is -0.489 e. The molecule has 8 heteroatoms. The molecule has 7 nitrogen and oxygen atoms in total. The van der Waals surface area contributed by atoms with Gasteiger partial charge in [0.1, 0.15) is 12.4 Å². The van der Waals surface area contributed by atoms with Crippen molar-refractivity contribution in [3.8, 4) is 5.75 Å². The van der Waals surface area contributed by atoms with E-state index in [1.165, 1.54) is 30.5 Å². The van der Waals surface area contributed by atoms with Crippen LogP contribution in [-0.4, -0.2) is 20.5 Å². The molecule has 0 heterocycles. The van der Waals surface area contributed by atoms with Gasteiger partial charge in [-0.1, -0.05) is 48.0 Å². The molecule has 182 valence electrons. The van der Waals surface area contributed by atoms with Gasteiger partial charge in [0.25, 0.3) is 15.9 Å². The first-order chi connectivity index (χ1) is 17.4. The van der Waals surface area contributed by atoms with Crippen LogP contribution in [0.3, 0.4) is 0 Å². The Kier molecular flexibility index (Phi) is 7.77. The number of nitrogens with zero attached hydrogens (tertiary/aromatic N) is 1. The van der Waals surface area contributed by atoms with Crippen LogP contribution in [0.15, 0.2) is 113 Å². The zero-order valence-electron chi connectivity index (χ0n) is 19.6. The summed E-state index contributed by atoms with van der Waals surface area (Å²) in [6.45, 7) is 2.37. The Morgan fingerprint density at radius 1 is 0.861 bits per heavy atom. The highest BCUT2D eigenvalue weighted by Gasteiger charge is 2.14. The maximum atomic E-state index is 12.5. The molecule has 2 N–H and O–H groups in total. The first-order valence-corrected chi connectivity index (χ1v) is 12.7. The van der Waals surface area contributed by atoms with Crippen LogP contribution in [0.4, 0.5) is 5.69 Å². The number of sulfonamides is 1. The fourth-order valence-electron chi connectivity index (χ4n) is 3.24. The second kappa shape index (κ2) is 11.3. The van der Waals surface area contributed by atoms with E-state index in [0.29, 0.717) is 17.9 Å². The lowest BCUT2D eigenvalue weighted by molar-refractivity contribution is 0.0955.